The Hall–Kier alpha value is -1.33. The average molecular weight is 373 g/mol. The first kappa shape index (κ1) is 19.0. The van der Waals surface area contributed by atoms with Gasteiger partial charge in [-0.05, 0) is 51.2 Å². The van der Waals surface area contributed by atoms with Gasteiger partial charge in [0.1, 0.15) is 0 Å². The van der Waals surface area contributed by atoms with Crippen LogP contribution in [0.4, 0.5) is 0 Å². The number of nitrogens with zero attached hydrogens (tertiary/aromatic N) is 3. The van der Waals surface area contributed by atoms with Crippen molar-refractivity contribution in [2.45, 2.75) is 77.4 Å². The first-order valence-electron chi connectivity index (χ1n) is 11.0. The van der Waals surface area contributed by atoms with Crippen molar-refractivity contribution in [1.82, 2.24) is 19.7 Å². The Kier molecular flexibility index (Phi) is 5.88. The molecule has 3 aliphatic rings. The molecule has 5 nitrogen and oxygen atoms in total. The molecule has 3 fully saturated rings. The summed E-state index contributed by atoms with van der Waals surface area (Å²) < 4.78 is 2.62. The van der Waals surface area contributed by atoms with Crippen LogP contribution < -0.4 is 5.32 Å². The Bertz CT molecular complexity index is 650. The van der Waals surface area contributed by atoms with Gasteiger partial charge in [-0.3, -0.25) is 14.6 Å². The van der Waals surface area contributed by atoms with Crippen molar-refractivity contribution in [3.8, 4) is 0 Å². The molecule has 2 aliphatic carbocycles. The van der Waals surface area contributed by atoms with Crippen LogP contribution in [-0.4, -0.2) is 59.0 Å². The predicted molar refractivity (Wildman–Crippen MR) is 109 cm³/mol. The van der Waals surface area contributed by atoms with Gasteiger partial charge in [0.25, 0.3) is 0 Å². The standard InChI is InChI=1S/C22H36N4O/c1-17-14-19(18(2)26(17)21-6-4-3-5-7-21)15-24-10-12-25(13-11-24)16-22(27)23-20-8-9-20/h14,20-21H,3-13,15-16H2,1-2H3,(H,23,27). The zero-order valence-corrected chi connectivity index (χ0v) is 17.2. The number of nitrogens with one attached hydrogen (secondary N) is 1. The summed E-state index contributed by atoms with van der Waals surface area (Å²) in [5.74, 6) is 0.210. The fraction of sp³-hybridized carbons (Fsp3) is 0.773. The lowest BCUT2D eigenvalue weighted by molar-refractivity contribution is -0.122. The van der Waals surface area contributed by atoms with Crippen LogP contribution in [0.5, 0.6) is 0 Å². The molecule has 1 aliphatic heterocycles. The number of carbonyl (C=O) groups excluding carboxylic acids is 1. The van der Waals surface area contributed by atoms with E-state index >= 15 is 0 Å². The summed E-state index contributed by atoms with van der Waals surface area (Å²) in [5.41, 5.74) is 4.41. The first-order chi connectivity index (χ1) is 13.1. The Labute approximate surface area is 164 Å². The molecule has 5 heteroatoms. The molecule has 1 amide bonds. The smallest absolute Gasteiger partial charge is 0.234 e. The number of piperazine rings is 1. The molecule has 0 aromatic carbocycles. The third kappa shape index (κ3) is 4.75. The van der Waals surface area contributed by atoms with E-state index in [9.17, 15) is 4.79 Å². The van der Waals surface area contributed by atoms with E-state index in [-0.39, 0.29) is 5.91 Å². The van der Waals surface area contributed by atoms with Crippen molar-refractivity contribution >= 4 is 5.91 Å². The molecular formula is C22H36N4O. The molecule has 4 rings (SSSR count). The SMILES string of the molecule is Cc1cc(CN2CCN(CC(=O)NC3CC3)CC2)c(C)n1C1CCCCC1. The van der Waals surface area contributed by atoms with Gasteiger partial charge in [0.2, 0.25) is 5.91 Å². The molecule has 1 aromatic heterocycles. The quantitative estimate of drug-likeness (QED) is 0.834. The second kappa shape index (κ2) is 8.36. The minimum atomic E-state index is 0.210. The van der Waals surface area contributed by atoms with Gasteiger partial charge in [0.05, 0.1) is 6.54 Å². The molecule has 2 heterocycles. The van der Waals surface area contributed by atoms with E-state index in [0.29, 0.717) is 18.6 Å². The largest absolute Gasteiger partial charge is 0.352 e. The molecule has 150 valence electrons. The lowest BCUT2D eigenvalue weighted by Gasteiger charge is -2.34. The van der Waals surface area contributed by atoms with Crippen LogP contribution in [0.25, 0.3) is 0 Å². The maximum Gasteiger partial charge on any atom is 0.234 e. The fourth-order valence-corrected chi connectivity index (χ4v) is 4.96. The summed E-state index contributed by atoms with van der Waals surface area (Å²) in [5, 5.41) is 3.10. The lowest BCUT2D eigenvalue weighted by atomic mass is 9.95. The Morgan fingerprint density at radius 2 is 1.67 bits per heavy atom. The van der Waals surface area contributed by atoms with Crippen molar-refractivity contribution in [3.63, 3.8) is 0 Å². The van der Waals surface area contributed by atoms with Crippen LogP contribution in [0.3, 0.4) is 0 Å². The monoisotopic (exact) mass is 372 g/mol. The lowest BCUT2D eigenvalue weighted by Crippen LogP contribution is -2.49. The Morgan fingerprint density at radius 1 is 1.00 bits per heavy atom. The van der Waals surface area contributed by atoms with Crippen LogP contribution in [0.1, 0.15) is 67.9 Å². The van der Waals surface area contributed by atoms with Crippen molar-refractivity contribution < 1.29 is 4.79 Å². The van der Waals surface area contributed by atoms with E-state index in [2.05, 4.69) is 39.6 Å². The van der Waals surface area contributed by atoms with Gasteiger partial charge >= 0.3 is 0 Å². The zero-order chi connectivity index (χ0) is 18.8. The number of aromatic nitrogens is 1. The van der Waals surface area contributed by atoms with Crippen molar-refractivity contribution in [3.05, 3.63) is 23.0 Å². The zero-order valence-electron chi connectivity index (χ0n) is 17.2. The van der Waals surface area contributed by atoms with Crippen LogP contribution in [0.15, 0.2) is 6.07 Å². The third-order valence-electron chi connectivity index (χ3n) is 6.70. The highest BCUT2D eigenvalue weighted by atomic mass is 16.2. The number of amides is 1. The average Bonchev–Trinajstić information content (AvgIpc) is 3.42. The van der Waals surface area contributed by atoms with Crippen LogP contribution in [0.2, 0.25) is 0 Å². The minimum Gasteiger partial charge on any atom is -0.352 e. The third-order valence-corrected chi connectivity index (χ3v) is 6.70. The summed E-state index contributed by atoms with van der Waals surface area (Å²) in [6.07, 6.45) is 9.19. The van der Waals surface area contributed by atoms with Gasteiger partial charge in [0, 0.05) is 56.2 Å². The molecule has 27 heavy (non-hydrogen) atoms. The molecule has 0 spiro atoms. The van der Waals surface area contributed by atoms with E-state index in [1.807, 2.05) is 0 Å². The first-order valence-corrected chi connectivity index (χ1v) is 11.0. The highest BCUT2D eigenvalue weighted by molar-refractivity contribution is 5.78. The molecule has 1 aromatic rings. The fourth-order valence-electron chi connectivity index (χ4n) is 4.96. The molecule has 0 bridgehead atoms. The summed E-state index contributed by atoms with van der Waals surface area (Å²) in [7, 11) is 0. The predicted octanol–water partition coefficient (Wildman–Crippen LogP) is 3.01. The molecule has 0 radical (unpaired) electrons. The summed E-state index contributed by atoms with van der Waals surface area (Å²) in [6, 6.07) is 3.60. The molecule has 0 atom stereocenters. The highest BCUT2D eigenvalue weighted by Crippen LogP contribution is 2.32. The summed E-state index contributed by atoms with van der Waals surface area (Å²) in [6.45, 7) is 10.3. The van der Waals surface area contributed by atoms with E-state index < -0.39 is 0 Å². The van der Waals surface area contributed by atoms with Gasteiger partial charge < -0.3 is 9.88 Å². The molecule has 1 saturated heterocycles. The topological polar surface area (TPSA) is 40.5 Å². The summed E-state index contributed by atoms with van der Waals surface area (Å²) >= 11 is 0. The van der Waals surface area contributed by atoms with Crippen molar-refractivity contribution in [2.24, 2.45) is 0 Å². The number of hydrogen-bond acceptors (Lipinski definition) is 3. The summed E-state index contributed by atoms with van der Waals surface area (Å²) in [4.78, 5) is 16.9. The Morgan fingerprint density at radius 3 is 2.33 bits per heavy atom. The second-order valence-electron chi connectivity index (χ2n) is 8.95. The molecule has 2 saturated carbocycles. The van der Waals surface area contributed by atoms with Crippen molar-refractivity contribution in [2.75, 3.05) is 32.7 Å². The molecule has 0 unspecified atom stereocenters. The number of carbonyl (C=O) groups is 1. The minimum absolute atomic E-state index is 0.210. The van der Waals surface area contributed by atoms with E-state index in [1.54, 1.807) is 0 Å². The molecular weight excluding hydrogens is 336 g/mol. The van der Waals surface area contributed by atoms with Crippen LogP contribution in [-0.2, 0) is 11.3 Å². The van der Waals surface area contributed by atoms with Crippen LogP contribution in [0, 0.1) is 13.8 Å². The maximum absolute atomic E-state index is 12.0. The van der Waals surface area contributed by atoms with Gasteiger partial charge in [0.15, 0.2) is 0 Å². The van der Waals surface area contributed by atoms with E-state index in [1.165, 1.54) is 61.9 Å². The van der Waals surface area contributed by atoms with E-state index in [0.717, 1.165) is 32.7 Å². The number of aryl methyl sites for hydroxylation is 1. The van der Waals surface area contributed by atoms with Gasteiger partial charge in [-0.15, -0.1) is 0 Å². The van der Waals surface area contributed by atoms with Gasteiger partial charge in [-0.25, -0.2) is 0 Å². The van der Waals surface area contributed by atoms with Crippen molar-refractivity contribution in [1.29, 1.82) is 0 Å². The Balaban J connectivity index is 1.29. The molecule has 1 N–H and O–H groups in total. The normalized spacial score (nSPS) is 22.9. The maximum atomic E-state index is 12.0. The van der Waals surface area contributed by atoms with E-state index in [4.69, 9.17) is 0 Å². The van der Waals surface area contributed by atoms with Gasteiger partial charge in [-0.2, -0.15) is 0 Å². The van der Waals surface area contributed by atoms with Crippen LogP contribution >= 0.6 is 0 Å². The van der Waals surface area contributed by atoms with Gasteiger partial charge in [-0.1, -0.05) is 19.3 Å². The second-order valence-corrected chi connectivity index (χ2v) is 8.95. The number of hydrogen-bond donors (Lipinski definition) is 1. The number of rotatable bonds is 6. The highest BCUT2D eigenvalue weighted by Gasteiger charge is 2.26.